The van der Waals surface area contributed by atoms with Crippen molar-refractivity contribution in [1.29, 1.82) is 5.41 Å². The third-order valence-corrected chi connectivity index (χ3v) is 5.91. The van der Waals surface area contributed by atoms with E-state index in [0.29, 0.717) is 36.5 Å². The van der Waals surface area contributed by atoms with Crippen molar-refractivity contribution in [3.05, 3.63) is 36.2 Å². The third kappa shape index (κ3) is 4.90. The number of amides is 1. The molecule has 32 heavy (non-hydrogen) atoms. The number of carbonyl (C=O) groups excluding carboxylic acids is 1. The lowest BCUT2D eigenvalue weighted by molar-refractivity contribution is -0.140. The lowest BCUT2D eigenvalue weighted by atomic mass is 9.93. The van der Waals surface area contributed by atoms with Crippen molar-refractivity contribution in [1.82, 2.24) is 14.5 Å². The zero-order valence-corrected chi connectivity index (χ0v) is 17.7. The molecule has 1 aromatic carbocycles. The maximum atomic E-state index is 13.4. The largest absolute Gasteiger partial charge is 0.478 e. The fourth-order valence-electron chi connectivity index (χ4n) is 4.12. The maximum Gasteiger partial charge on any atom is 0.296 e. The van der Waals surface area contributed by atoms with Crippen molar-refractivity contribution in [3.63, 3.8) is 0 Å². The topological polar surface area (TPSA) is 106 Å². The van der Waals surface area contributed by atoms with Gasteiger partial charge in [0, 0.05) is 44.7 Å². The van der Waals surface area contributed by atoms with Crippen LogP contribution in [0.15, 0.2) is 30.3 Å². The van der Waals surface area contributed by atoms with Crippen molar-refractivity contribution in [2.75, 3.05) is 32.9 Å². The molecule has 10 heteroatoms. The molecule has 2 saturated heterocycles. The standard InChI is InChI=1S/C22H27F2N5O3/c23-21(24)22-27-16-3-1-2-4-17(16)29(22)18(25)10-19(26)32-13-15-11-28(12-15)20(30)9-14-5-7-31-8-6-14/h1-4,10,14-15,21,26H,5-9,11-13,25H2/b18-10+,26-19?. The fraction of sp³-hybridized carbons (Fsp3) is 0.500. The Morgan fingerprint density at radius 1 is 1.28 bits per heavy atom. The van der Waals surface area contributed by atoms with Crippen LogP contribution in [-0.2, 0) is 14.3 Å². The second-order valence-corrected chi connectivity index (χ2v) is 8.26. The molecule has 1 aromatic heterocycles. The summed E-state index contributed by atoms with van der Waals surface area (Å²) in [4.78, 5) is 18.1. The van der Waals surface area contributed by atoms with Gasteiger partial charge in [-0.1, -0.05) is 12.1 Å². The van der Waals surface area contributed by atoms with E-state index in [1.807, 2.05) is 4.90 Å². The van der Waals surface area contributed by atoms with Crippen LogP contribution < -0.4 is 5.73 Å². The van der Waals surface area contributed by atoms with Gasteiger partial charge in [0.25, 0.3) is 6.43 Å². The molecule has 1 amide bonds. The highest BCUT2D eigenvalue weighted by Crippen LogP contribution is 2.26. The summed E-state index contributed by atoms with van der Waals surface area (Å²) in [5.74, 6) is -0.0998. The summed E-state index contributed by atoms with van der Waals surface area (Å²) in [5, 5.41) is 8.01. The number of rotatable bonds is 7. The van der Waals surface area contributed by atoms with Gasteiger partial charge in [0.05, 0.1) is 17.6 Å². The van der Waals surface area contributed by atoms with E-state index in [0.717, 1.165) is 30.6 Å². The number of carbonyl (C=O) groups is 1. The second-order valence-electron chi connectivity index (χ2n) is 8.26. The number of nitrogens with two attached hydrogens (primary N) is 1. The average molecular weight is 447 g/mol. The highest BCUT2D eigenvalue weighted by atomic mass is 19.3. The molecule has 2 fully saturated rings. The zero-order chi connectivity index (χ0) is 22.7. The number of para-hydroxylation sites is 2. The van der Waals surface area contributed by atoms with Crippen LogP contribution in [0.25, 0.3) is 16.9 Å². The first-order valence-corrected chi connectivity index (χ1v) is 10.7. The van der Waals surface area contributed by atoms with Crippen LogP contribution in [0.2, 0.25) is 0 Å². The van der Waals surface area contributed by atoms with Crippen molar-refractivity contribution < 1.29 is 23.0 Å². The van der Waals surface area contributed by atoms with Crippen LogP contribution in [-0.4, -0.2) is 59.2 Å². The van der Waals surface area contributed by atoms with Crippen LogP contribution in [0.3, 0.4) is 0 Å². The SMILES string of the molecule is N=C(/C=C(\N)n1c(C(F)F)nc2ccccc21)OCC1CN(C(=O)CC2CCOCC2)C1. The molecule has 0 atom stereocenters. The lowest BCUT2D eigenvalue weighted by Gasteiger charge is -2.39. The van der Waals surface area contributed by atoms with E-state index < -0.39 is 12.2 Å². The van der Waals surface area contributed by atoms with Gasteiger partial charge in [0.2, 0.25) is 11.8 Å². The molecule has 2 aliphatic heterocycles. The average Bonchev–Trinajstić information content (AvgIpc) is 3.13. The lowest BCUT2D eigenvalue weighted by Crippen LogP contribution is -2.52. The fourth-order valence-corrected chi connectivity index (χ4v) is 4.12. The van der Waals surface area contributed by atoms with Crippen LogP contribution >= 0.6 is 0 Å². The van der Waals surface area contributed by atoms with Crippen molar-refractivity contribution in [2.24, 2.45) is 17.6 Å². The van der Waals surface area contributed by atoms with Gasteiger partial charge in [0.1, 0.15) is 5.82 Å². The van der Waals surface area contributed by atoms with E-state index in [1.54, 1.807) is 24.3 Å². The molecule has 3 N–H and O–H groups in total. The number of nitrogens with one attached hydrogen (secondary N) is 1. The molecule has 172 valence electrons. The predicted octanol–water partition coefficient (Wildman–Crippen LogP) is 3.00. The molecule has 0 bridgehead atoms. The Kier molecular flexibility index (Phi) is 6.69. The van der Waals surface area contributed by atoms with E-state index in [4.69, 9.17) is 20.6 Å². The summed E-state index contributed by atoms with van der Waals surface area (Å²) in [6, 6.07) is 6.67. The van der Waals surface area contributed by atoms with Gasteiger partial charge in [-0.05, 0) is 30.9 Å². The number of benzene rings is 1. The van der Waals surface area contributed by atoms with Gasteiger partial charge in [-0.2, -0.15) is 0 Å². The van der Waals surface area contributed by atoms with Crippen LogP contribution in [0.1, 0.15) is 31.5 Å². The molecule has 0 spiro atoms. The number of hydrogen-bond donors (Lipinski definition) is 2. The zero-order valence-electron chi connectivity index (χ0n) is 17.7. The van der Waals surface area contributed by atoms with Gasteiger partial charge >= 0.3 is 0 Å². The Morgan fingerprint density at radius 2 is 2.00 bits per heavy atom. The number of fused-ring (bicyclic) bond motifs is 1. The van der Waals surface area contributed by atoms with E-state index in [9.17, 15) is 13.6 Å². The normalized spacial score (nSPS) is 18.2. The summed E-state index contributed by atoms with van der Waals surface area (Å²) in [6.07, 6.45) is 0.793. The summed E-state index contributed by atoms with van der Waals surface area (Å²) in [6.45, 7) is 2.89. The molecule has 2 aromatic rings. The minimum absolute atomic E-state index is 0.0686. The van der Waals surface area contributed by atoms with Crippen LogP contribution in [0.4, 0.5) is 8.78 Å². The number of ether oxygens (including phenoxy) is 2. The quantitative estimate of drug-likeness (QED) is 0.501. The highest BCUT2D eigenvalue weighted by Gasteiger charge is 2.32. The first-order chi connectivity index (χ1) is 15.4. The van der Waals surface area contributed by atoms with Crippen molar-refractivity contribution in [3.8, 4) is 0 Å². The maximum absolute atomic E-state index is 13.4. The molecule has 2 aliphatic rings. The number of aromatic nitrogens is 2. The second kappa shape index (κ2) is 9.64. The molecule has 4 rings (SSSR count). The predicted molar refractivity (Wildman–Crippen MR) is 115 cm³/mol. The first-order valence-electron chi connectivity index (χ1n) is 10.7. The Bertz CT molecular complexity index is 1010. The first kappa shape index (κ1) is 22.2. The van der Waals surface area contributed by atoms with Gasteiger partial charge < -0.3 is 20.1 Å². The molecular weight excluding hydrogens is 420 g/mol. The van der Waals surface area contributed by atoms with Crippen LogP contribution in [0, 0.1) is 17.2 Å². The van der Waals surface area contributed by atoms with Crippen LogP contribution in [0.5, 0.6) is 0 Å². The van der Waals surface area contributed by atoms with E-state index in [2.05, 4.69) is 4.98 Å². The summed E-state index contributed by atoms with van der Waals surface area (Å²) >= 11 is 0. The molecule has 0 unspecified atom stereocenters. The molecule has 8 nitrogen and oxygen atoms in total. The summed E-state index contributed by atoms with van der Waals surface area (Å²) in [5.41, 5.74) is 6.84. The molecule has 0 radical (unpaired) electrons. The number of hydrogen-bond acceptors (Lipinski definition) is 6. The monoisotopic (exact) mass is 447 g/mol. The van der Waals surface area contributed by atoms with E-state index in [1.165, 1.54) is 6.08 Å². The number of likely N-dealkylation sites (tertiary alicyclic amines) is 1. The van der Waals surface area contributed by atoms with Gasteiger partial charge in [0.15, 0.2) is 5.82 Å². The van der Waals surface area contributed by atoms with E-state index >= 15 is 0 Å². The minimum atomic E-state index is -2.82. The smallest absolute Gasteiger partial charge is 0.296 e. The Labute approximate surface area is 184 Å². The summed E-state index contributed by atoms with van der Waals surface area (Å²) < 4.78 is 38.8. The highest BCUT2D eigenvalue weighted by molar-refractivity contribution is 5.91. The Hall–Kier alpha value is -3.01. The molecule has 0 aliphatic carbocycles. The van der Waals surface area contributed by atoms with Gasteiger partial charge in [-0.15, -0.1) is 0 Å². The minimum Gasteiger partial charge on any atom is -0.478 e. The molecular formula is C22H27F2N5O3. The Morgan fingerprint density at radius 3 is 2.72 bits per heavy atom. The van der Waals surface area contributed by atoms with Crippen molar-refractivity contribution >= 4 is 28.7 Å². The number of imidazole rings is 1. The van der Waals surface area contributed by atoms with Gasteiger partial charge in [-0.3, -0.25) is 14.8 Å². The number of nitrogens with zero attached hydrogens (tertiary/aromatic N) is 3. The number of alkyl halides is 2. The molecule has 0 saturated carbocycles. The Balaban J connectivity index is 1.29. The van der Waals surface area contributed by atoms with E-state index in [-0.39, 0.29) is 30.2 Å². The molecule has 3 heterocycles. The summed E-state index contributed by atoms with van der Waals surface area (Å²) in [7, 11) is 0. The van der Waals surface area contributed by atoms with Gasteiger partial charge in [-0.25, -0.2) is 13.8 Å². The third-order valence-electron chi connectivity index (χ3n) is 5.91. The number of halogens is 2. The van der Waals surface area contributed by atoms with Crippen molar-refractivity contribution in [2.45, 2.75) is 25.7 Å².